The normalized spacial score (nSPS) is 26.2. The van der Waals surface area contributed by atoms with Crippen molar-refractivity contribution in [3.05, 3.63) is 55.7 Å². The third kappa shape index (κ3) is 11.6. The van der Waals surface area contributed by atoms with E-state index in [0.29, 0.717) is 0 Å². The van der Waals surface area contributed by atoms with E-state index >= 15 is 0 Å². The van der Waals surface area contributed by atoms with Crippen LogP contribution in [0, 0.1) is 44.4 Å². The zero-order valence-corrected chi connectivity index (χ0v) is 26.6. The minimum atomic E-state index is -1.49. The van der Waals surface area contributed by atoms with Crippen LogP contribution in [0.1, 0.15) is 40.2 Å². The average molecular weight is 525 g/mol. The summed E-state index contributed by atoms with van der Waals surface area (Å²) >= 11 is 0. The summed E-state index contributed by atoms with van der Waals surface area (Å²) in [5, 5.41) is 0. The second-order valence-corrected chi connectivity index (χ2v) is 19.7. The van der Waals surface area contributed by atoms with Gasteiger partial charge < -0.3 is 24.5 Å². The first-order chi connectivity index (χ1) is 12.2. The molecule has 30 heavy (non-hydrogen) atoms. The van der Waals surface area contributed by atoms with Gasteiger partial charge in [0.25, 0.3) is 0 Å². The van der Waals surface area contributed by atoms with Crippen LogP contribution in [0.4, 0.5) is 0 Å². The first-order valence-corrected chi connectivity index (χ1v) is 17.5. The maximum absolute atomic E-state index is 4.89. The molecule has 170 valence electrons. The fourth-order valence-electron chi connectivity index (χ4n) is 3.77. The molecule has 0 spiro atoms. The predicted octanol–water partition coefficient (Wildman–Crippen LogP) is 8.56. The predicted molar refractivity (Wildman–Crippen MR) is 142 cm³/mol. The molecular formula is C25H49N2Si2Zr+. The summed E-state index contributed by atoms with van der Waals surface area (Å²) in [6.07, 6.45) is 0. The summed E-state index contributed by atoms with van der Waals surface area (Å²) in [7, 11) is -2.97. The Morgan fingerprint density at radius 1 is 0.700 bits per heavy atom. The zero-order chi connectivity index (χ0) is 21.0. The Bertz CT molecular complexity index is 561. The van der Waals surface area contributed by atoms with Crippen molar-refractivity contribution in [3.8, 4) is 0 Å². The molecule has 0 amide bonds. The van der Waals surface area contributed by atoms with Crippen LogP contribution < -0.4 is 0 Å². The van der Waals surface area contributed by atoms with Gasteiger partial charge in [-0.3, -0.25) is 0 Å². The van der Waals surface area contributed by atoms with Gasteiger partial charge in [-0.1, -0.05) is 110 Å². The number of rotatable bonds is 3. The first kappa shape index (κ1) is 34.6. The molecule has 1 fully saturated rings. The molecule has 0 aliphatic heterocycles. The van der Waals surface area contributed by atoms with Crippen LogP contribution in [0.25, 0.3) is 4.98 Å². The Morgan fingerprint density at radius 2 is 1.03 bits per heavy atom. The summed E-state index contributed by atoms with van der Waals surface area (Å²) in [6, 6.07) is 10.3. The third-order valence-electron chi connectivity index (χ3n) is 6.06. The van der Waals surface area contributed by atoms with Gasteiger partial charge in [0.1, 0.15) is 0 Å². The van der Waals surface area contributed by atoms with Gasteiger partial charge in [-0.25, -0.2) is 0 Å². The minimum absolute atomic E-state index is 0. The zero-order valence-electron chi connectivity index (χ0n) is 22.2. The summed E-state index contributed by atoms with van der Waals surface area (Å²) in [5.74, 6) is 5.64. The number of benzene rings is 1. The second-order valence-electron chi connectivity index (χ2n) is 10.6. The van der Waals surface area contributed by atoms with Crippen molar-refractivity contribution >= 4 is 22.3 Å². The standard InChI is InChI=1S/C13H23N2Si2.C10H20.2CH3.Zr/c1-16(2,3)14-13(15-17(4,5)6)12-10-8-7-9-11-12;1-6-7(2)9(4)10(5)8(6)3;;;/h7-11H,1-6H3;6-10H,1-5H3;2*1H3;/q-1;;2*-1;+4. The monoisotopic (exact) mass is 523 g/mol. The van der Waals surface area contributed by atoms with Crippen molar-refractivity contribution < 1.29 is 26.2 Å². The minimum Gasteiger partial charge on any atom is -0.472 e. The van der Waals surface area contributed by atoms with Crippen molar-refractivity contribution in [2.75, 3.05) is 0 Å². The van der Waals surface area contributed by atoms with Crippen LogP contribution >= 0.6 is 0 Å². The molecule has 0 N–H and O–H groups in total. The van der Waals surface area contributed by atoms with Crippen LogP contribution in [0.2, 0.25) is 39.3 Å². The smallest absolute Gasteiger partial charge is 0.472 e. The summed E-state index contributed by atoms with van der Waals surface area (Å²) in [5.41, 5.74) is 1.15. The van der Waals surface area contributed by atoms with Gasteiger partial charge in [0.05, 0.1) is 0 Å². The fraction of sp³-hybridized carbons (Fsp3) is 0.640. The maximum Gasteiger partial charge on any atom is 4.00 e. The van der Waals surface area contributed by atoms with Crippen molar-refractivity contribution in [1.82, 2.24) is 0 Å². The molecule has 1 aliphatic carbocycles. The van der Waals surface area contributed by atoms with E-state index < -0.39 is 16.5 Å². The van der Waals surface area contributed by atoms with E-state index in [4.69, 9.17) is 9.64 Å². The van der Waals surface area contributed by atoms with E-state index in [1.54, 1.807) is 0 Å². The van der Waals surface area contributed by atoms with E-state index in [1.165, 1.54) is 0 Å². The van der Waals surface area contributed by atoms with Gasteiger partial charge >= 0.3 is 26.2 Å². The van der Waals surface area contributed by atoms with E-state index in [0.717, 1.165) is 41.0 Å². The molecule has 2 rings (SSSR count). The SMILES string of the molecule is CC1C(C)C(C)C(C)C1C.C[Si](C)(C)/N=C(/[N-][Si](C)(C)C)c1ccccc1.[CH3-].[CH3-].[Zr+4]. The Labute approximate surface area is 211 Å². The number of nitrogens with zero attached hydrogens (tertiary/aromatic N) is 2. The topological polar surface area (TPSA) is 26.5 Å². The average Bonchev–Trinajstić information content (AvgIpc) is 2.71. The molecular weight excluding hydrogens is 476 g/mol. The molecule has 0 saturated heterocycles. The number of hydrogen-bond donors (Lipinski definition) is 0. The Balaban J connectivity index is -0.000000488. The maximum atomic E-state index is 4.89. The van der Waals surface area contributed by atoms with Gasteiger partial charge in [-0.05, 0) is 35.2 Å². The van der Waals surface area contributed by atoms with Crippen LogP contribution in [-0.2, 0) is 26.2 Å². The van der Waals surface area contributed by atoms with Crippen LogP contribution in [0.5, 0.6) is 0 Å². The van der Waals surface area contributed by atoms with Crippen molar-refractivity contribution in [1.29, 1.82) is 0 Å². The molecule has 5 heteroatoms. The van der Waals surface area contributed by atoms with Gasteiger partial charge in [0, 0.05) is 16.5 Å². The number of amidine groups is 1. The van der Waals surface area contributed by atoms with Crippen molar-refractivity contribution in [3.63, 3.8) is 0 Å². The molecule has 0 bridgehead atoms. The van der Waals surface area contributed by atoms with Gasteiger partial charge in [-0.15, -0.1) is 0 Å². The van der Waals surface area contributed by atoms with Gasteiger partial charge in [0.15, 0.2) is 0 Å². The molecule has 0 atom stereocenters. The second kappa shape index (κ2) is 14.2. The largest absolute Gasteiger partial charge is 4.00 e. The molecule has 1 saturated carbocycles. The van der Waals surface area contributed by atoms with Crippen molar-refractivity contribution in [2.45, 2.75) is 73.9 Å². The molecule has 0 aromatic heterocycles. The molecule has 0 radical (unpaired) electrons. The Kier molecular flexibility index (Phi) is 16.4. The van der Waals surface area contributed by atoms with Gasteiger partial charge in [-0.2, -0.15) is 0 Å². The third-order valence-corrected chi connectivity index (χ3v) is 7.83. The van der Waals surface area contributed by atoms with E-state index in [2.05, 4.69) is 98.2 Å². The van der Waals surface area contributed by atoms with E-state index in [1.807, 2.05) is 6.07 Å². The molecule has 1 aromatic rings. The van der Waals surface area contributed by atoms with E-state index in [-0.39, 0.29) is 41.1 Å². The quantitative estimate of drug-likeness (QED) is 0.164. The van der Waals surface area contributed by atoms with E-state index in [9.17, 15) is 0 Å². The molecule has 1 aliphatic rings. The van der Waals surface area contributed by atoms with Crippen LogP contribution in [0.15, 0.2) is 35.0 Å². The Morgan fingerprint density at radius 3 is 1.30 bits per heavy atom. The Hall–Kier alpha value is 0.00688. The van der Waals surface area contributed by atoms with Crippen LogP contribution in [-0.4, -0.2) is 22.3 Å². The first-order valence-electron chi connectivity index (χ1n) is 10.6. The van der Waals surface area contributed by atoms with Crippen LogP contribution in [0.3, 0.4) is 0 Å². The molecule has 1 aromatic carbocycles. The molecule has 0 heterocycles. The van der Waals surface area contributed by atoms with Gasteiger partial charge in [0.2, 0.25) is 0 Å². The summed E-state index contributed by atoms with van der Waals surface area (Å²) in [4.78, 5) is 4.89. The van der Waals surface area contributed by atoms with Crippen molar-refractivity contribution in [2.24, 2.45) is 34.2 Å². The summed E-state index contributed by atoms with van der Waals surface area (Å²) < 4.78 is 4.89. The summed E-state index contributed by atoms with van der Waals surface area (Å²) in [6.45, 7) is 25.5. The fourth-order valence-corrected chi connectivity index (χ4v) is 5.50. The molecule has 2 nitrogen and oxygen atoms in total. The molecule has 0 unspecified atom stereocenters. The number of hydrogen-bond acceptors (Lipinski definition) is 1.